The zero-order valence-electron chi connectivity index (χ0n) is 15.5. The van der Waals surface area contributed by atoms with Gasteiger partial charge in [-0.05, 0) is 62.1 Å². The van der Waals surface area contributed by atoms with Crippen LogP contribution in [0.25, 0.3) is 10.9 Å². The summed E-state index contributed by atoms with van der Waals surface area (Å²) < 4.78 is 7.62. The van der Waals surface area contributed by atoms with E-state index >= 15 is 0 Å². The van der Waals surface area contributed by atoms with E-state index in [0.29, 0.717) is 24.6 Å². The second kappa shape index (κ2) is 7.83. The number of nitrogens with zero attached hydrogens (tertiary/aromatic N) is 1. The fourth-order valence-electron chi connectivity index (χ4n) is 3.44. The molecule has 0 amide bonds. The number of halogens is 2. The van der Waals surface area contributed by atoms with E-state index in [9.17, 15) is 9.90 Å². The third-order valence-electron chi connectivity index (χ3n) is 4.69. The minimum atomic E-state index is -0.954. The largest absolute Gasteiger partial charge is 0.494 e. The van der Waals surface area contributed by atoms with Gasteiger partial charge in [-0.25, -0.2) is 4.79 Å². The molecular formula is C21H21Cl2NO3. The first kappa shape index (κ1) is 19.6. The molecule has 0 unspecified atom stereocenters. The van der Waals surface area contributed by atoms with E-state index in [2.05, 4.69) is 0 Å². The second-order valence-electron chi connectivity index (χ2n) is 6.64. The van der Waals surface area contributed by atoms with Crippen molar-refractivity contribution in [3.63, 3.8) is 0 Å². The standard InChI is InChI=1S/C21H21Cl2NO3/c1-12-10-15(11-13(2)18(12)23)27-9-5-8-24-19(21(25)26)14(3)16-6-4-7-17(22)20(16)24/h4,6-7,10-11H,5,8-9H2,1-3H3,(H,25,26). The van der Waals surface area contributed by atoms with Crippen molar-refractivity contribution in [3.05, 3.63) is 62.8 Å². The summed E-state index contributed by atoms with van der Waals surface area (Å²) in [5.74, 6) is -0.191. The number of carboxylic acids is 1. The summed E-state index contributed by atoms with van der Waals surface area (Å²) in [5, 5.41) is 11.8. The molecule has 1 heterocycles. The normalized spacial score (nSPS) is 11.1. The summed E-state index contributed by atoms with van der Waals surface area (Å²) in [6.07, 6.45) is 0.648. The van der Waals surface area contributed by atoms with Crippen LogP contribution in [0.3, 0.4) is 0 Å². The van der Waals surface area contributed by atoms with Crippen LogP contribution in [-0.4, -0.2) is 22.2 Å². The Bertz CT molecular complexity index is 1000. The zero-order chi connectivity index (χ0) is 19.7. The topological polar surface area (TPSA) is 51.5 Å². The molecule has 3 aromatic rings. The number of carboxylic acid groups (broad SMARTS) is 1. The van der Waals surface area contributed by atoms with Crippen molar-refractivity contribution in [1.29, 1.82) is 0 Å². The summed E-state index contributed by atoms with van der Waals surface area (Å²) in [5.41, 5.74) is 3.70. The zero-order valence-corrected chi connectivity index (χ0v) is 17.0. The lowest BCUT2D eigenvalue weighted by Gasteiger charge is -2.12. The molecule has 142 valence electrons. The van der Waals surface area contributed by atoms with E-state index < -0.39 is 5.97 Å². The minimum absolute atomic E-state index is 0.274. The highest BCUT2D eigenvalue weighted by atomic mass is 35.5. The summed E-state index contributed by atoms with van der Waals surface area (Å²) in [6, 6.07) is 9.33. The summed E-state index contributed by atoms with van der Waals surface area (Å²) in [6.45, 7) is 6.66. The van der Waals surface area contributed by atoms with E-state index in [4.69, 9.17) is 27.9 Å². The highest BCUT2D eigenvalue weighted by Gasteiger charge is 2.20. The molecule has 0 saturated heterocycles. The van der Waals surface area contributed by atoms with Gasteiger partial charge >= 0.3 is 5.97 Å². The molecule has 4 nitrogen and oxygen atoms in total. The van der Waals surface area contributed by atoms with Gasteiger partial charge in [-0.15, -0.1) is 0 Å². The number of hydrogen-bond donors (Lipinski definition) is 1. The number of aryl methyl sites for hydroxylation is 4. The fraction of sp³-hybridized carbons (Fsp3) is 0.286. The molecule has 0 bridgehead atoms. The lowest BCUT2D eigenvalue weighted by atomic mass is 10.1. The van der Waals surface area contributed by atoms with Crippen LogP contribution in [0.5, 0.6) is 5.75 Å². The smallest absolute Gasteiger partial charge is 0.352 e. The molecule has 0 aliphatic rings. The SMILES string of the molecule is Cc1cc(OCCCn2c(C(=O)O)c(C)c3cccc(Cl)c32)cc(C)c1Cl. The van der Waals surface area contributed by atoms with E-state index in [-0.39, 0.29) is 5.69 Å². The van der Waals surface area contributed by atoms with Crippen molar-refractivity contribution in [2.45, 2.75) is 33.7 Å². The molecule has 1 aromatic heterocycles. The Labute approximate surface area is 168 Å². The van der Waals surface area contributed by atoms with Crippen molar-refractivity contribution in [2.75, 3.05) is 6.61 Å². The number of aromatic carboxylic acids is 1. The molecule has 0 saturated carbocycles. The van der Waals surface area contributed by atoms with Crippen LogP contribution in [0.15, 0.2) is 30.3 Å². The van der Waals surface area contributed by atoms with Crippen molar-refractivity contribution < 1.29 is 14.6 Å². The van der Waals surface area contributed by atoms with Gasteiger partial charge in [0.2, 0.25) is 0 Å². The number of aromatic nitrogens is 1. The van der Waals surface area contributed by atoms with Gasteiger partial charge in [-0.3, -0.25) is 0 Å². The number of carbonyl (C=O) groups is 1. The van der Waals surface area contributed by atoms with Crippen molar-refractivity contribution in [2.24, 2.45) is 0 Å². The Kier molecular flexibility index (Phi) is 5.68. The first-order chi connectivity index (χ1) is 12.8. The first-order valence-electron chi connectivity index (χ1n) is 8.71. The van der Waals surface area contributed by atoms with E-state index in [1.54, 1.807) is 10.6 Å². The Morgan fingerprint density at radius 3 is 2.44 bits per heavy atom. The molecule has 27 heavy (non-hydrogen) atoms. The van der Waals surface area contributed by atoms with Crippen LogP contribution in [0.4, 0.5) is 0 Å². The monoisotopic (exact) mass is 405 g/mol. The summed E-state index contributed by atoms with van der Waals surface area (Å²) in [7, 11) is 0. The average molecular weight is 406 g/mol. The summed E-state index contributed by atoms with van der Waals surface area (Å²) in [4.78, 5) is 11.8. The van der Waals surface area contributed by atoms with E-state index in [0.717, 1.165) is 38.4 Å². The van der Waals surface area contributed by atoms with Crippen molar-refractivity contribution in [3.8, 4) is 5.75 Å². The lowest BCUT2D eigenvalue weighted by molar-refractivity contribution is 0.0684. The molecule has 0 fully saturated rings. The highest BCUT2D eigenvalue weighted by molar-refractivity contribution is 6.35. The number of ether oxygens (including phenoxy) is 1. The Hall–Kier alpha value is -2.17. The van der Waals surface area contributed by atoms with Gasteiger partial charge in [0, 0.05) is 17.0 Å². The van der Waals surface area contributed by atoms with Crippen LogP contribution >= 0.6 is 23.2 Å². The average Bonchev–Trinajstić information content (AvgIpc) is 2.90. The third-order valence-corrected chi connectivity index (χ3v) is 5.59. The first-order valence-corrected chi connectivity index (χ1v) is 9.47. The Morgan fingerprint density at radius 2 is 1.81 bits per heavy atom. The van der Waals surface area contributed by atoms with Crippen molar-refractivity contribution >= 4 is 40.1 Å². The molecule has 3 rings (SSSR count). The van der Waals surface area contributed by atoms with Gasteiger partial charge in [-0.1, -0.05) is 35.3 Å². The molecular weight excluding hydrogens is 385 g/mol. The fourth-order valence-corrected chi connectivity index (χ4v) is 3.82. The minimum Gasteiger partial charge on any atom is -0.494 e. The maximum absolute atomic E-state index is 11.8. The molecule has 6 heteroatoms. The second-order valence-corrected chi connectivity index (χ2v) is 7.42. The molecule has 0 aliphatic carbocycles. The predicted molar refractivity (Wildman–Crippen MR) is 110 cm³/mol. The quantitative estimate of drug-likeness (QED) is 0.508. The van der Waals surface area contributed by atoms with E-state index in [1.165, 1.54) is 0 Å². The lowest BCUT2D eigenvalue weighted by Crippen LogP contribution is -2.12. The van der Waals surface area contributed by atoms with Gasteiger partial charge in [-0.2, -0.15) is 0 Å². The third kappa shape index (κ3) is 3.78. The van der Waals surface area contributed by atoms with Gasteiger partial charge in [0.15, 0.2) is 0 Å². The van der Waals surface area contributed by atoms with Crippen LogP contribution < -0.4 is 4.74 Å². The van der Waals surface area contributed by atoms with Gasteiger partial charge in [0.05, 0.1) is 17.1 Å². The van der Waals surface area contributed by atoms with Crippen molar-refractivity contribution in [1.82, 2.24) is 4.57 Å². The molecule has 0 aliphatic heterocycles. The number of para-hydroxylation sites is 1. The van der Waals surface area contributed by atoms with Gasteiger partial charge < -0.3 is 14.4 Å². The van der Waals surface area contributed by atoms with Crippen LogP contribution in [-0.2, 0) is 6.54 Å². The molecule has 0 radical (unpaired) electrons. The maximum atomic E-state index is 11.8. The van der Waals surface area contributed by atoms with E-state index in [1.807, 2.05) is 45.0 Å². The molecule has 0 atom stereocenters. The maximum Gasteiger partial charge on any atom is 0.352 e. The highest BCUT2D eigenvalue weighted by Crippen LogP contribution is 2.31. The number of benzene rings is 2. The van der Waals surface area contributed by atoms with Crippen LogP contribution in [0.1, 0.15) is 33.6 Å². The number of hydrogen-bond acceptors (Lipinski definition) is 2. The van der Waals surface area contributed by atoms with Crippen LogP contribution in [0, 0.1) is 20.8 Å². The Balaban J connectivity index is 1.79. The van der Waals surface area contributed by atoms with Gasteiger partial charge in [0.1, 0.15) is 11.4 Å². The number of rotatable bonds is 6. The molecule has 2 aromatic carbocycles. The molecule has 0 spiro atoms. The predicted octanol–water partition coefficient (Wildman–Crippen LogP) is 6.04. The number of fused-ring (bicyclic) bond motifs is 1. The summed E-state index contributed by atoms with van der Waals surface area (Å²) >= 11 is 12.5. The Morgan fingerprint density at radius 1 is 1.15 bits per heavy atom. The molecule has 1 N–H and O–H groups in total. The van der Waals surface area contributed by atoms with Gasteiger partial charge in [0.25, 0.3) is 0 Å². The van der Waals surface area contributed by atoms with Crippen LogP contribution in [0.2, 0.25) is 10.0 Å².